The highest BCUT2D eigenvalue weighted by molar-refractivity contribution is 5.85. The van der Waals surface area contributed by atoms with Gasteiger partial charge in [0.25, 0.3) is 5.91 Å². The van der Waals surface area contributed by atoms with E-state index in [0.29, 0.717) is 17.0 Å². The van der Waals surface area contributed by atoms with E-state index in [1.54, 1.807) is 48.7 Å². The van der Waals surface area contributed by atoms with Crippen molar-refractivity contribution in [3.05, 3.63) is 102 Å². The first kappa shape index (κ1) is 21.0. The van der Waals surface area contributed by atoms with Crippen LogP contribution >= 0.6 is 0 Å². The predicted molar refractivity (Wildman–Crippen MR) is 120 cm³/mol. The maximum Gasteiger partial charge on any atom is 0.277 e. The van der Waals surface area contributed by atoms with Crippen LogP contribution in [-0.2, 0) is 11.4 Å². The summed E-state index contributed by atoms with van der Waals surface area (Å²) in [6, 6.07) is 22.7. The van der Waals surface area contributed by atoms with Gasteiger partial charge < -0.3 is 9.47 Å². The Balaban J connectivity index is 1.25. The number of hydrogen-bond acceptors (Lipinski definition) is 5. The number of rotatable bonds is 8. The highest BCUT2D eigenvalue weighted by Crippen LogP contribution is 2.22. The third-order valence-electron chi connectivity index (χ3n) is 4.53. The van der Waals surface area contributed by atoms with Crippen LogP contribution in [0.25, 0.3) is 10.9 Å². The molecule has 0 fully saturated rings. The van der Waals surface area contributed by atoms with Crippen LogP contribution in [-0.4, -0.2) is 23.7 Å². The molecule has 1 amide bonds. The fourth-order valence-corrected chi connectivity index (χ4v) is 2.99. The van der Waals surface area contributed by atoms with E-state index in [0.717, 1.165) is 16.5 Å². The molecule has 7 heteroatoms. The molecule has 4 rings (SSSR count). The molecule has 1 N–H and O–H groups in total. The number of carbonyl (C=O) groups excluding carboxylic acids is 1. The lowest BCUT2D eigenvalue weighted by Crippen LogP contribution is -2.24. The summed E-state index contributed by atoms with van der Waals surface area (Å²) < 4.78 is 24.4. The van der Waals surface area contributed by atoms with Crippen molar-refractivity contribution in [1.29, 1.82) is 0 Å². The molecule has 1 aromatic heterocycles. The molecule has 4 aromatic rings. The number of halogens is 1. The molecule has 0 radical (unpaired) electrons. The van der Waals surface area contributed by atoms with Crippen LogP contribution < -0.4 is 14.9 Å². The van der Waals surface area contributed by atoms with Gasteiger partial charge in [-0.05, 0) is 59.7 Å². The van der Waals surface area contributed by atoms with Gasteiger partial charge in [0.2, 0.25) is 0 Å². The van der Waals surface area contributed by atoms with Crippen LogP contribution in [0.1, 0.15) is 11.1 Å². The molecule has 0 saturated carbocycles. The SMILES string of the molecule is O=C(COc1cccc2cccnc12)N/N=C/c1ccc(OCc2cccc(F)c2)cc1. The number of fused-ring (bicyclic) bond motifs is 1. The average molecular weight is 429 g/mol. The Labute approximate surface area is 184 Å². The van der Waals surface area contributed by atoms with Gasteiger partial charge in [-0.3, -0.25) is 9.78 Å². The van der Waals surface area contributed by atoms with E-state index in [1.165, 1.54) is 18.3 Å². The summed E-state index contributed by atoms with van der Waals surface area (Å²) >= 11 is 0. The number of carbonyl (C=O) groups is 1. The number of aromatic nitrogens is 1. The van der Waals surface area contributed by atoms with Gasteiger partial charge in [-0.25, -0.2) is 9.82 Å². The summed E-state index contributed by atoms with van der Waals surface area (Å²) in [7, 11) is 0. The second kappa shape index (κ2) is 10.2. The molecule has 0 aliphatic rings. The molecule has 0 atom stereocenters. The third kappa shape index (κ3) is 5.66. The van der Waals surface area contributed by atoms with Crippen LogP contribution in [0.5, 0.6) is 11.5 Å². The van der Waals surface area contributed by atoms with Gasteiger partial charge in [-0.1, -0.05) is 30.3 Å². The largest absolute Gasteiger partial charge is 0.489 e. The normalized spacial score (nSPS) is 10.9. The van der Waals surface area contributed by atoms with Gasteiger partial charge in [0.1, 0.15) is 29.4 Å². The molecule has 1 heterocycles. The molecular weight excluding hydrogens is 409 g/mol. The van der Waals surface area contributed by atoms with Crippen LogP contribution in [0.3, 0.4) is 0 Å². The first-order valence-corrected chi connectivity index (χ1v) is 9.93. The Bertz CT molecular complexity index is 1240. The van der Waals surface area contributed by atoms with Crippen molar-refractivity contribution >= 4 is 23.0 Å². The Hall–Kier alpha value is -4.26. The Kier molecular flexibility index (Phi) is 6.67. The minimum atomic E-state index is -0.385. The second-order valence-electron chi connectivity index (χ2n) is 6.90. The molecule has 0 aliphatic carbocycles. The number of benzene rings is 3. The van der Waals surface area contributed by atoms with Crippen LogP contribution in [0.4, 0.5) is 4.39 Å². The number of ether oxygens (including phenoxy) is 2. The molecule has 6 nitrogen and oxygen atoms in total. The quantitative estimate of drug-likeness (QED) is 0.331. The van der Waals surface area contributed by atoms with E-state index in [-0.39, 0.29) is 24.9 Å². The fourth-order valence-electron chi connectivity index (χ4n) is 2.99. The van der Waals surface area contributed by atoms with E-state index in [2.05, 4.69) is 15.5 Å². The summed E-state index contributed by atoms with van der Waals surface area (Å²) in [6.07, 6.45) is 3.20. The molecule has 3 aromatic carbocycles. The van der Waals surface area contributed by atoms with E-state index >= 15 is 0 Å². The molecule has 0 spiro atoms. The van der Waals surface area contributed by atoms with Gasteiger partial charge in [-0.15, -0.1) is 0 Å². The van der Waals surface area contributed by atoms with Crippen LogP contribution in [0, 0.1) is 5.82 Å². The molecule has 0 aliphatic heterocycles. The topological polar surface area (TPSA) is 72.8 Å². The van der Waals surface area contributed by atoms with Crippen molar-refractivity contribution in [2.24, 2.45) is 5.10 Å². The Morgan fingerprint density at radius 1 is 1.00 bits per heavy atom. The summed E-state index contributed by atoms with van der Waals surface area (Å²) in [5.74, 6) is 0.506. The van der Waals surface area contributed by atoms with Crippen molar-refractivity contribution in [3.63, 3.8) is 0 Å². The predicted octanol–water partition coefficient (Wildman–Crippen LogP) is 4.48. The standard InChI is InChI=1S/C25H20FN3O3/c26-21-7-1-4-19(14-21)16-31-22-11-9-18(10-12-22)15-28-29-24(30)17-32-23-8-2-5-20-6-3-13-27-25(20)23/h1-15H,16-17H2,(H,29,30)/b28-15+. The number of hydrogen-bond donors (Lipinski definition) is 1. The second-order valence-corrected chi connectivity index (χ2v) is 6.90. The fraction of sp³-hybridized carbons (Fsp3) is 0.0800. The number of para-hydroxylation sites is 1. The maximum absolute atomic E-state index is 13.2. The summed E-state index contributed by atoms with van der Waals surface area (Å²) in [4.78, 5) is 16.3. The molecule has 0 saturated heterocycles. The number of nitrogens with one attached hydrogen (secondary N) is 1. The first-order chi connectivity index (χ1) is 15.7. The van der Waals surface area contributed by atoms with Gasteiger partial charge in [0, 0.05) is 11.6 Å². The number of pyridine rings is 1. The zero-order chi connectivity index (χ0) is 22.2. The highest BCUT2D eigenvalue weighted by Gasteiger charge is 2.06. The average Bonchev–Trinajstić information content (AvgIpc) is 2.82. The van der Waals surface area contributed by atoms with E-state index in [4.69, 9.17) is 9.47 Å². The molecule has 0 bridgehead atoms. The zero-order valence-corrected chi connectivity index (χ0v) is 17.1. The lowest BCUT2D eigenvalue weighted by molar-refractivity contribution is -0.123. The highest BCUT2D eigenvalue weighted by atomic mass is 19.1. The number of amides is 1. The Morgan fingerprint density at radius 3 is 2.66 bits per heavy atom. The number of hydrazone groups is 1. The van der Waals surface area contributed by atoms with Gasteiger partial charge in [0.15, 0.2) is 6.61 Å². The minimum absolute atomic E-state index is 0.181. The lowest BCUT2D eigenvalue weighted by atomic mass is 10.2. The molecule has 160 valence electrons. The van der Waals surface area contributed by atoms with Crippen molar-refractivity contribution < 1.29 is 18.7 Å². The monoisotopic (exact) mass is 429 g/mol. The summed E-state index contributed by atoms with van der Waals surface area (Å²) in [6.45, 7) is 0.0906. The first-order valence-electron chi connectivity index (χ1n) is 9.93. The van der Waals surface area contributed by atoms with Crippen molar-refractivity contribution in [1.82, 2.24) is 10.4 Å². The molecule has 0 unspecified atom stereocenters. The van der Waals surface area contributed by atoms with Gasteiger partial charge >= 0.3 is 0 Å². The van der Waals surface area contributed by atoms with E-state index in [1.807, 2.05) is 24.3 Å². The van der Waals surface area contributed by atoms with E-state index in [9.17, 15) is 9.18 Å². The number of nitrogens with zero attached hydrogens (tertiary/aromatic N) is 2. The zero-order valence-electron chi connectivity index (χ0n) is 17.1. The van der Waals surface area contributed by atoms with Gasteiger partial charge in [0.05, 0.1) is 6.21 Å². The van der Waals surface area contributed by atoms with Crippen LogP contribution in [0.15, 0.2) is 90.2 Å². The smallest absolute Gasteiger partial charge is 0.277 e. The molecule has 32 heavy (non-hydrogen) atoms. The van der Waals surface area contributed by atoms with Crippen molar-refractivity contribution in [3.8, 4) is 11.5 Å². The maximum atomic E-state index is 13.2. The lowest BCUT2D eigenvalue weighted by Gasteiger charge is -2.07. The van der Waals surface area contributed by atoms with E-state index < -0.39 is 0 Å². The Morgan fingerprint density at radius 2 is 1.81 bits per heavy atom. The van der Waals surface area contributed by atoms with Crippen molar-refractivity contribution in [2.45, 2.75) is 6.61 Å². The van der Waals surface area contributed by atoms with Crippen LogP contribution in [0.2, 0.25) is 0 Å². The summed E-state index contributed by atoms with van der Waals surface area (Å²) in [5, 5.41) is 4.88. The van der Waals surface area contributed by atoms with Crippen molar-refractivity contribution in [2.75, 3.05) is 6.61 Å². The minimum Gasteiger partial charge on any atom is -0.489 e. The summed E-state index contributed by atoms with van der Waals surface area (Å²) in [5.41, 5.74) is 4.66. The third-order valence-corrected chi connectivity index (χ3v) is 4.53. The molecular formula is C25H20FN3O3. The van der Waals surface area contributed by atoms with Gasteiger partial charge in [-0.2, -0.15) is 5.10 Å².